The number of hydrogen-bond acceptors (Lipinski definition) is 3. The Bertz CT molecular complexity index is 204. The highest BCUT2D eigenvalue weighted by molar-refractivity contribution is 5.85. The Labute approximate surface area is 71.9 Å². The van der Waals surface area contributed by atoms with Gasteiger partial charge in [-0.15, -0.1) is 0 Å². The normalized spacial score (nSPS) is 41.6. The molecule has 2 aliphatic rings. The van der Waals surface area contributed by atoms with Crippen LogP contribution in [-0.4, -0.2) is 35.5 Å². The van der Waals surface area contributed by atoms with Crippen LogP contribution in [0.2, 0.25) is 0 Å². The van der Waals surface area contributed by atoms with Crippen molar-refractivity contribution in [3.63, 3.8) is 0 Å². The minimum Gasteiger partial charge on any atom is -0.368 e. The van der Waals surface area contributed by atoms with Gasteiger partial charge in [0.15, 0.2) is 0 Å². The Hall–Kier alpha value is -0.610. The maximum Gasteiger partial charge on any atom is 0.238 e. The van der Waals surface area contributed by atoms with E-state index < -0.39 is 5.54 Å². The summed E-state index contributed by atoms with van der Waals surface area (Å²) in [4.78, 5) is 13.3. The SMILES string of the molecule is NC(=O)C1(N)CC2CCCN2C1. The molecule has 12 heavy (non-hydrogen) atoms. The van der Waals surface area contributed by atoms with E-state index in [0.717, 1.165) is 13.0 Å². The summed E-state index contributed by atoms with van der Waals surface area (Å²) in [7, 11) is 0. The summed E-state index contributed by atoms with van der Waals surface area (Å²) in [6, 6.07) is 0.516. The molecule has 0 aromatic carbocycles. The summed E-state index contributed by atoms with van der Waals surface area (Å²) < 4.78 is 0. The van der Waals surface area contributed by atoms with Gasteiger partial charge in [0, 0.05) is 12.6 Å². The Kier molecular flexibility index (Phi) is 1.63. The van der Waals surface area contributed by atoms with Crippen molar-refractivity contribution in [2.45, 2.75) is 30.8 Å². The van der Waals surface area contributed by atoms with Crippen molar-refractivity contribution >= 4 is 5.91 Å². The molecule has 1 amide bonds. The molecule has 0 aromatic rings. The molecule has 0 radical (unpaired) electrons. The number of primary amides is 1. The minimum atomic E-state index is -0.745. The number of hydrogen-bond donors (Lipinski definition) is 2. The monoisotopic (exact) mass is 169 g/mol. The molecule has 2 atom stereocenters. The van der Waals surface area contributed by atoms with Gasteiger partial charge in [-0.3, -0.25) is 9.69 Å². The molecule has 2 aliphatic heterocycles. The van der Waals surface area contributed by atoms with Crippen molar-refractivity contribution in [3.05, 3.63) is 0 Å². The van der Waals surface area contributed by atoms with Crippen LogP contribution >= 0.6 is 0 Å². The minimum absolute atomic E-state index is 0.350. The van der Waals surface area contributed by atoms with Crippen molar-refractivity contribution < 1.29 is 4.79 Å². The first-order valence-corrected chi connectivity index (χ1v) is 4.45. The summed E-state index contributed by atoms with van der Waals surface area (Å²) in [5.74, 6) is -0.350. The van der Waals surface area contributed by atoms with E-state index >= 15 is 0 Å². The molecule has 4 N–H and O–H groups in total. The number of carbonyl (C=O) groups is 1. The molecule has 0 saturated carbocycles. The van der Waals surface area contributed by atoms with Gasteiger partial charge in [-0.1, -0.05) is 0 Å². The van der Waals surface area contributed by atoms with Crippen molar-refractivity contribution in [2.24, 2.45) is 11.5 Å². The number of carbonyl (C=O) groups excluding carboxylic acids is 1. The second-order valence-corrected chi connectivity index (χ2v) is 3.99. The van der Waals surface area contributed by atoms with Gasteiger partial charge in [-0.2, -0.15) is 0 Å². The molecule has 2 fully saturated rings. The molecular formula is C8H15N3O. The Morgan fingerprint density at radius 2 is 2.33 bits per heavy atom. The standard InChI is InChI=1S/C8H15N3O/c9-7(12)8(10)4-6-2-1-3-11(6)5-8/h6H,1-5,10H2,(H2,9,12). The van der Waals surface area contributed by atoms with Crippen LogP contribution in [0.4, 0.5) is 0 Å². The van der Waals surface area contributed by atoms with Gasteiger partial charge in [-0.25, -0.2) is 0 Å². The van der Waals surface area contributed by atoms with Crippen LogP contribution in [0.5, 0.6) is 0 Å². The van der Waals surface area contributed by atoms with Crippen LogP contribution in [0.1, 0.15) is 19.3 Å². The summed E-state index contributed by atoms with van der Waals surface area (Å²) in [5, 5.41) is 0. The van der Waals surface area contributed by atoms with Gasteiger partial charge in [0.2, 0.25) is 5.91 Å². The number of nitrogens with two attached hydrogens (primary N) is 2. The van der Waals surface area contributed by atoms with Gasteiger partial charge < -0.3 is 11.5 Å². The number of rotatable bonds is 1. The molecule has 4 nitrogen and oxygen atoms in total. The molecule has 0 aromatic heterocycles. The first kappa shape index (κ1) is 8.01. The van der Waals surface area contributed by atoms with E-state index in [1.165, 1.54) is 12.8 Å². The zero-order valence-electron chi connectivity index (χ0n) is 7.12. The predicted octanol–water partition coefficient (Wildman–Crippen LogP) is -0.963. The third-order valence-corrected chi connectivity index (χ3v) is 3.07. The molecule has 4 heteroatoms. The third-order valence-electron chi connectivity index (χ3n) is 3.07. The Morgan fingerprint density at radius 1 is 1.58 bits per heavy atom. The average Bonchev–Trinajstić information content (AvgIpc) is 2.44. The van der Waals surface area contributed by atoms with E-state index in [2.05, 4.69) is 4.90 Å². The lowest BCUT2D eigenvalue weighted by Gasteiger charge is -2.19. The fraction of sp³-hybridized carbons (Fsp3) is 0.875. The van der Waals surface area contributed by atoms with Crippen LogP contribution in [0.15, 0.2) is 0 Å². The topological polar surface area (TPSA) is 72.3 Å². The lowest BCUT2D eigenvalue weighted by atomic mass is 9.95. The highest BCUT2D eigenvalue weighted by Crippen LogP contribution is 2.32. The molecule has 2 heterocycles. The summed E-state index contributed by atoms with van der Waals surface area (Å²) in [5.41, 5.74) is 10.4. The van der Waals surface area contributed by atoms with E-state index in [1.54, 1.807) is 0 Å². The lowest BCUT2D eigenvalue weighted by molar-refractivity contribution is -0.122. The van der Waals surface area contributed by atoms with E-state index in [-0.39, 0.29) is 5.91 Å². The number of fused-ring (bicyclic) bond motifs is 1. The summed E-state index contributed by atoms with van der Waals surface area (Å²) in [6.07, 6.45) is 3.16. The Balaban J connectivity index is 2.11. The first-order valence-electron chi connectivity index (χ1n) is 4.45. The van der Waals surface area contributed by atoms with Crippen LogP contribution in [0.25, 0.3) is 0 Å². The van der Waals surface area contributed by atoms with Gasteiger partial charge in [0.25, 0.3) is 0 Å². The molecule has 0 spiro atoms. The number of amides is 1. The molecule has 2 unspecified atom stereocenters. The molecule has 68 valence electrons. The van der Waals surface area contributed by atoms with Crippen LogP contribution < -0.4 is 11.5 Å². The molecule has 2 saturated heterocycles. The van der Waals surface area contributed by atoms with Crippen LogP contribution in [-0.2, 0) is 4.79 Å². The van der Waals surface area contributed by atoms with Gasteiger partial charge in [0.1, 0.15) is 5.54 Å². The van der Waals surface area contributed by atoms with Crippen molar-refractivity contribution in [1.82, 2.24) is 4.90 Å². The van der Waals surface area contributed by atoms with Crippen LogP contribution in [0, 0.1) is 0 Å². The smallest absolute Gasteiger partial charge is 0.238 e. The predicted molar refractivity (Wildman–Crippen MR) is 45.3 cm³/mol. The second kappa shape index (κ2) is 2.44. The maximum absolute atomic E-state index is 11.0. The number of nitrogens with zero attached hydrogens (tertiary/aromatic N) is 1. The second-order valence-electron chi connectivity index (χ2n) is 3.99. The zero-order valence-corrected chi connectivity index (χ0v) is 7.12. The van der Waals surface area contributed by atoms with E-state index in [1.807, 2.05) is 0 Å². The zero-order chi connectivity index (χ0) is 8.77. The van der Waals surface area contributed by atoms with E-state index in [0.29, 0.717) is 12.6 Å². The van der Waals surface area contributed by atoms with Gasteiger partial charge >= 0.3 is 0 Å². The average molecular weight is 169 g/mol. The molecule has 0 aliphatic carbocycles. The fourth-order valence-electron chi connectivity index (χ4n) is 2.36. The molecule has 0 bridgehead atoms. The van der Waals surface area contributed by atoms with Crippen molar-refractivity contribution in [2.75, 3.05) is 13.1 Å². The highest BCUT2D eigenvalue weighted by Gasteiger charge is 2.46. The Morgan fingerprint density at radius 3 is 2.92 bits per heavy atom. The highest BCUT2D eigenvalue weighted by atomic mass is 16.1. The van der Waals surface area contributed by atoms with Crippen molar-refractivity contribution in [1.29, 1.82) is 0 Å². The third kappa shape index (κ3) is 1.03. The summed E-state index contributed by atoms with van der Waals surface area (Å²) in [6.45, 7) is 1.74. The van der Waals surface area contributed by atoms with Gasteiger partial charge in [0.05, 0.1) is 0 Å². The largest absolute Gasteiger partial charge is 0.368 e. The van der Waals surface area contributed by atoms with Crippen LogP contribution in [0.3, 0.4) is 0 Å². The van der Waals surface area contributed by atoms with Gasteiger partial charge in [-0.05, 0) is 25.8 Å². The molecule has 2 rings (SSSR count). The fourth-order valence-corrected chi connectivity index (χ4v) is 2.36. The molecular weight excluding hydrogens is 154 g/mol. The lowest BCUT2D eigenvalue weighted by Crippen LogP contribution is -2.53. The first-order chi connectivity index (χ1) is 5.62. The van der Waals surface area contributed by atoms with E-state index in [4.69, 9.17) is 11.5 Å². The summed E-state index contributed by atoms with van der Waals surface area (Å²) >= 11 is 0. The van der Waals surface area contributed by atoms with E-state index in [9.17, 15) is 4.79 Å². The van der Waals surface area contributed by atoms with Crippen molar-refractivity contribution in [3.8, 4) is 0 Å². The quantitative estimate of drug-likeness (QED) is 0.531. The maximum atomic E-state index is 11.0.